The van der Waals surface area contributed by atoms with Crippen LogP contribution in [0, 0.1) is 46.8 Å². The van der Waals surface area contributed by atoms with Gasteiger partial charge in [0.15, 0.2) is 17.8 Å². The van der Waals surface area contributed by atoms with Crippen LogP contribution in [0.25, 0.3) is 0 Å². The highest BCUT2D eigenvalue weighted by Crippen LogP contribution is 2.78. The van der Waals surface area contributed by atoms with Gasteiger partial charge in [-0.15, -0.1) is 0 Å². The average molecular weight is 794 g/mol. The van der Waals surface area contributed by atoms with E-state index < -0.39 is 124 Å². The average Bonchev–Trinajstić information content (AvgIpc) is 3.40. The third-order valence-electron chi connectivity index (χ3n) is 16.0. The minimum atomic E-state index is -2.38. The van der Waals surface area contributed by atoms with Crippen molar-refractivity contribution in [1.29, 1.82) is 0 Å². The predicted molar refractivity (Wildman–Crippen MR) is 195 cm³/mol. The molecule has 15 heteroatoms. The van der Waals surface area contributed by atoms with Crippen LogP contribution >= 0.6 is 0 Å². The van der Waals surface area contributed by atoms with Gasteiger partial charge in [0.2, 0.25) is 5.79 Å². The minimum absolute atomic E-state index is 0.0107. The summed E-state index contributed by atoms with van der Waals surface area (Å²) in [4.78, 5) is 55.6. The van der Waals surface area contributed by atoms with E-state index in [-0.39, 0.29) is 31.7 Å². The van der Waals surface area contributed by atoms with Crippen molar-refractivity contribution in [3.63, 3.8) is 0 Å². The molecule has 1 spiro atoms. The third kappa shape index (κ3) is 5.60. The number of aliphatic hydroxyl groups excluding tert-OH is 1. The molecule has 316 valence electrons. The van der Waals surface area contributed by atoms with Gasteiger partial charge in [-0.25, -0.2) is 4.79 Å². The summed E-state index contributed by atoms with van der Waals surface area (Å²) < 4.78 is 31.3. The number of aliphatic hydroxyl groups is 5. The molecule has 3 aliphatic heterocycles. The van der Waals surface area contributed by atoms with E-state index in [1.165, 1.54) is 20.8 Å². The zero-order valence-electron chi connectivity index (χ0n) is 34.2. The molecule has 7 rings (SSSR count). The lowest BCUT2D eigenvalue weighted by atomic mass is 9.48. The maximum absolute atomic E-state index is 13.9. The third-order valence-corrected chi connectivity index (χ3v) is 16.0. The fraction of sp³-hybridized carbons (Fsp3) is 0.902. The molecule has 15 nitrogen and oxygen atoms in total. The normalized spacial score (nSPS) is 50.5. The number of nitrogens with zero attached hydrogens (tertiary/aromatic N) is 1. The molecular formula is C41H63NO14. The van der Waals surface area contributed by atoms with Gasteiger partial charge in [0.25, 0.3) is 0 Å². The predicted octanol–water partition coefficient (Wildman–Crippen LogP) is 1.61. The highest BCUT2D eigenvalue weighted by Gasteiger charge is 2.90. The molecule has 4 saturated carbocycles. The topological polar surface area (TPSA) is 219 Å². The highest BCUT2D eigenvalue weighted by molar-refractivity contribution is 5.79. The molecule has 4 aliphatic carbocycles. The van der Waals surface area contributed by atoms with E-state index in [1.807, 2.05) is 13.8 Å². The molecule has 7 fully saturated rings. The summed E-state index contributed by atoms with van der Waals surface area (Å²) in [5.41, 5.74) is -8.37. The largest absolute Gasteiger partial charge is 0.458 e. The number of rotatable bonds is 8. The van der Waals surface area contributed by atoms with Crippen LogP contribution in [0.4, 0.5) is 0 Å². The molecule has 0 aromatic carbocycles. The monoisotopic (exact) mass is 793 g/mol. The van der Waals surface area contributed by atoms with E-state index in [0.29, 0.717) is 31.8 Å². The first-order chi connectivity index (χ1) is 26.0. The summed E-state index contributed by atoms with van der Waals surface area (Å²) >= 11 is 0. The van der Waals surface area contributed by atoms with Gasteiger partial charge in [0.1, 0.15) is 17.8 Å². The molecule has 0 radical (unpaired) electrons. The maximum Gasteiger partial charge on any atom is 0.338 e. The van der Waals surface area contributed by atoms with Crippen LogP contribution in [-0.2, 0) is 42.9 Å². The Bertz CT molecular complexity index is 1620. The van der Waals surface area contributed by atoms with E-state index in [2.05, 4.69) is 11.8 Å². The number of esters is 4. The molecule has 56 heavy (non-hydrogen) atoms. The van der Waals surface area contributed by atoms with Crippen molar-refractivity contribution in [3.8, 4) is 0 Å². The van der Waals surface area contributed by atoms with Crippen LogP contribution < -0.4 is 0 Å². The molecule has 7 aliphatic rings. The Morgan fingerprint density at radius 2 is 1.55 bits per heavy atom. The van der Waals surface area contributed by atoms with Crippen LogP contribution in [0.3, 0.4) is 0 Å². The van der Waals surface area contributed by atoms with Gasteiger partial charge in [-0.2, -0.15) is 0 Å². The van der Waals surface area contributed by atoms with Gasteiger partial charge < -0.3 is 49.2 Å². The fourth-order valence-corrected chi connectivity index (χ4v) is 13.1. The number of carbonyl (C=O) groups is 4. The molecular weight excluding hydrogens is 730 g/mol. The first-order valence-electron chi connectivity index (χ1n) is 20.7. The SMILES string of the molecule is CC[C@@H](C)C(=O)O[C@H]1[C@@H](O)[C@H]2[C@@H](CN3C[C@@H](C)CC[C@H]3[C@@]2(C)O)[C@@H]2C[C@@]34O[C@@]5(O)[C@@H]([C@@H](OC(C)=O)[C@@H](OC(C)=O)[C@@H]3[C@@]21O)[C@]4(C)CC[C@H]5OC(=O)[C@@](C)(O)CC. The highest BCUT2D eigenvalue weighted by atomic mass is 16.7. The van der Waals surface area contributed by atoms with Gasteiger partial charge in [0, 0.05) is 44.3 Å². The van der Waals surface area contributed by atoms with Gasteiger partial charge in [-0.1, -0.05) is 34.6 Å². The zero-order chi connectivity index (χ0) is 41.3. The summed E-state index contributed by atoms with van der Waals surface area (Å²) in [5, 5.41) is 62.9. The summed E-state index contributed by atoms with van der Waals surface area (Å²) in [5.74, 6) is -10.8. The van der Waals surface area contributed by atoms with E-state index in [9.17, 15) is 44.7 Å². The fourth-order valence-electron chi connectivity index (χ4n) is 13.1. The van der Waals surface area contributed by atoms with E-state index in [1.54, 1.807) is 20.8 Å². The number of piperidine rings is 2. The van der Waals surface area contributed by atoms with Crippen molar-refractivity contribution in [2.45, 2.75) is 172 Å². The quantitative estimate of drug-likeness (QED) is 0.174. The number of carbonyl (C=O) groups excluding carboxylic acids is 4. The smallest absolute Gasteiger partial charge is 0.338 e. The van der Waals surface area contributed by atoms with E-state index in [0.717, 1.165) is 6.42 Å². The lowest BCUT2D eigenvalue weighted by molar-refractivity contribution is -0.301. The van der Waals surface area contributed by atoms with Crippen LogP contribution in [0.5, 0.6) is 0 Å². The molecule has 0 amide bonds. The van der Waals surface area contributed by atoms with E-state index in [4.69, 9.17) is 23.7 Å². The Hall–Kier alpha value is -2.40. The summed E-state index contributed by atoms with van der Waals surface area (Å²) in [7, 11) is 0. The van der Waals surface area contributed by atoms with Crippen molar-refractivity contribution in [1.82, 2.24) is 4.90 Å². The zero-order valence-corrected chi connectivity index (χ0v) is 34.2. The number of hydrogen-bond acceptors (Lipinski definition) is 15. The second kappa shape index (κ2) is 13.6. The van der Waals surface area contributed by atoms with Crippen LogP contribution in [-0.4, -0.2) is 132 Å². The van der Waals surface area contributed by atoms with Crippen LogP contribution in [0.2, 0.25) is 0 Å². The lowest BCUT2D eigenvalue weighted by Crippen LogP contribution is -2.78. The first kappa shape index (κ1) is 41.7. The second-order valence-corrected chi connectivity index (χ2v) is 19.2. The van der Waals surface area contributed by atoms with Crippen LogP contribution in [0.1, 0.15) is 107 Å². The van der Waals surface area contributed by atoms with Crippen molar-refractivity contribution in [2.24, 2.45) is 46.8 Å². The molecule has 19 atom stereocenters. The first-order valence-corrected chi connectivity index (χ1v) is 20.7. The molecule has 0 aromatic heterocycles. The van der Waals surface area contributed by atoms with Crippen molar-refractivity contribution in [2.75, 3.05) is 13.1 Å². The van der Waals surface area contributed by atoms with Crippen molar-refractivity contribution < 1.29 is 68.4 Å². The van der Waals surface area contributed by atoms with Crippen molar-refractivity contribution in [3.05, 3.63) is 0 Å². The number of fused-ring (bicyclic) bond motifs is 5. The van der Waals surface area contributed by atoms with E-state index >= 15 is 0 Å². The summed E-state index contributed by atoms with van der Waals surface area (Å²) in [6.07, 6.45) is -5.31. The molecule has 4 bridgehead atoms. The maximum atomic E-state index is 13.9. The van der Waals surface area contributed by atoms with Crippen LogP contribution in [0.15, 0.2) is 0 Å². The lowest BCUT2D eigenvalue weighted by Gasteiger charge is -2.64. The molecule has 0 aromatic rings. The molecule has 3 heterocycles. The Morgan fingerprint density at radius 3 is 2.14 bits per heavy atom. The van der Waals surface area contributed by atoms with Gasteiger partial charge >= 0.3 is 23.9 Å². The minimum Gasteiger partial charge on any atom is -0.458 e. The van der Waals surface area contributed by atoms with Gasteiger partial charge in [0.05, 0.1) is 35.1 Å². The Kier molecular flexibility index (Phi) is 10.1. The standard InChI is InChI=1S/C41H63NO14/c1-10-20(4)34(46)55-33-28(45)27-23(18-42-17-19(3)12-13-25(42)38(27,9)49)24-16-39-32(40(24,33)50)30(53-22(6)44)29(52-21(5)43)31-36(39,7)15-14-26(41(31,51)56-39)54-35(47)37(8,48)11-2/h19-20,23-33,45,48-51H,10-18H2,1-9H3/t19-,20+,23-,24-,25-,26+,27+,28-,29-,30+,31-,32-,33-,36-,37-,38+,39+,40-,41+/m0/s1. The molecule has 0 unspecified atom stereocenters. The van der Waals surface area contributed by atoms with Crippen molar-refractivity contribution >= 4 is 23.9 Å². The number of hydrogen-bond donors (Lipinski definition) is 5. The number of ether oxygens (including phenoxy) is 5. The molecule has 3 saturated heterocycles. The van der Waals surface area contributed by atoms with Gasteiger partial charge in [-0.05, 0) is 76.5 Å². The molecule has 5 N–H and O–H groups in total. The Morgan fingerprint density at radius 1 is 0.929 bits per heavy atom. The van der Waals surface area contributed by atoms with Gasteiger partial charge in [-0.3, -0.25) is 19.3 Å². The summed E-state index contributed by atoms with van der Waals surface area (Å²) in [6, 6.07) is -0.309. The second-order valence-electron chi connectivity index (χ2n) is 19.2. The Balaban J connectivity index is 1.45. The summed E-state index contributed by atoms with van der Waals surface area (Å²) in [6.45, 7) is 15.5. The Labute approximate surface area is 328 Å².